The van der Waals surface area contributed by atoms with Crippen LogP contribution in [0.15, 0.2) is 22.7 Å². The molecule has 5 nitrogen and oxygen atoms in total. The molecule has 18 heavy (non-hydrogen) atoms. The summed E-state index contributed by atoms with van der Waals surface area (Å²) in [5.74, 6) is 1.59. The normalized spacial score (nSPS) is 10.4. The predicted octanol–water partition coefficient (Wildman–Crippen LogP) is 2.49. The van der Waals surface area contributed by atoms with Gasteiger partial charge in [0.15, 0.2) is 0 Å². The lowest BCUT2D eigenvalue weighted by Crippen LogP contribution is -2.04. The second-order valence-corrected chi connectivity index (χ2v) is 4.11. The quantitative estimate of drug-likeness (QED) is 0.812. The Morgan fingerprint density at radius 1 is 1.39 bits per heavy atom. The summed E-state index contributed by atoms with van der Waals surface area (Å²) in [7, 11) is 1.63. The van der Waals surface area contributed by atoms with Gasteiger partial charge in [-0.3, -0.25) is 0 Å². The SMILES string of the molecule is COc1ccc(N)c(NCc2c(C)noc2C)c1. The van der Waals surface area contributed by atoms with Crippen LogP contribution in [-0.2, 0) is 6.54 Å². The summed E-state index contributed by atoms with van der Waals surface area (Å²) in [5.41, 5.74) is 9.37. The van der Waals surface area contributed by atoms with Gasteiger partial charge in [-0.25, -0.2) is 0 Å². The molecule has 2 aromatic rings. The standard InChI is InChI=1S/C13H17N3O2/c1-8-11(9(2)18-16-8)7-15-13-6-10(17-3)4-5-12(13)14/h4-6,15H,7,14H2,1-3H3. The zero-order valence-corrected chi connectivity index (χ0v) is 10.8. The van der Waals surface area contributed by atoms with E-state index in [0.29, 0.717) is 12.2 Å². The number of nitrogen functional groups attached to an aromatic ring is 1. The van der Waals surface area contributed by atoms with Crippen molar-refractivity contribution in [3.8, 4) is 5.75 Å². The van der Waals surface area contributed by atoms with Crippen LogP contribution in [0.5, 0.6) is 5.75 Å². The van der Waals surface area contributed by atoms with Crippen LogP contribution in [0.1, 0.15) is 17.0 Å². The topological polar surface area (TPSA) is 73.3 Å². The Balaban J connectivity index is 2.15. The van der Waals surface area contributed by atoms with Crippen LogP contribution in [0.2, 0.25) is 0 Å². The van der Waals surface area contributed by atoms with Crippen molar-refractivity contribution < 1.29 is 9.26 Å². The molecule has 0 amide bonds. The van der Waals surface area contributed by atoms with E-state index in [1.165, 1.54) is 0 Å². The van der Waals surface area contributed by atoms with Gasteiger partial charge in [-0.05, 0) is 26.0 Å². The van der Waals surface area contributed by atoms with Crippen molar-refractivity contribution in [1.82, 2.24) is 5.16 Å². The van der Waals surface area contributed by atoms with Gasteiger partial charge in [-0.2, -0.15) is 0 Å². The molecule has 0 radical (unpaired) electrons. The van der Waals surface area contributed by atoms with Crippen molar-refractivity contribution in [3.05, 3.63) is 35.2 Å². The van der Waals surface area contributed by atoms with Crippen molar-refractivity contribution in [1.29, 1.82) is 0 Å². The second-order valence-electron chi connectivity index (χ2n) is 4.11. The van der Waals surface area contributed by atoms with Gasteiger partial charge in [0.25, 0.3) is 0 Å². The van der Waals surface area contributed by atoms with Gasteiger partial charge in [0.2, 0.25) is 0 Å². The van der Waals surface area contributed by atoms with Crippen LogP contribution >= 0.6 is 0 Å². The van der Waals surface area contributed by atoms with Gasteiger partial charge in [-0.1, -0.05) is 5.16 Å². The molecule has 96 valence electrons. The van der Waals surface area contributed by atoms with Crippen molar-refractivity contribution in [3.63, 3.8) is 0 Å². The number of hydrogen-bond acceptors (Lipinski definition) is 5. The third-order valence-corrected chi connectivity index (χ3v) is 2.90. The number of hydrogen-bond donors (Lipinski definition) is 2. The molecule has 0 atom stereocenters. The van der Waals surface area contributed by atoms with Gasteiger partial charge < -0.3 is 20.3 Å². The van der Waals surface area contributed by atoms with Crippen LogP contribution < -0.4 is 15.8 Å². The highest BCUT2D eigenvalue weighted by molar-refractivity contribution is 5.68. The molecule has 1 heterocycles. The first-order valence-electron chi connectivity index (χ1n) is 5.71. The van der Waals surface area contributed by atoms with Crippen LogP contribution in [-0.4, -0.2) is 12.3 Å². The van der Waals surface area contributed by atoms with Crippen molar-refractivity contribution in [2.75, 3.05) is 18.2 Å². The molecule has 0 aliphatic carbocycles. The lowest BCUT2D eigenvalue weighted by Gasteiger charge is -2.10. The minimum absolute atomic E-state index is 0.624. The minimum atomic E-state index is 0.624. The van der Waals surface area contributed by atoms with Crippen LogP contribution in [0, 0.1) is 13.8 Å². The fourth-order valence-electron chi connectivity index (χ4n) is 1.75. The molecule has 2 rings (SSSR count). The lowest BCUT2D eigenvalue weighted by atomic mass is 10.2. The maximum absolute atomic E-state index is 5.90. The molecule has 0 bridgehead atoms. The first-order chi connectivity index (χ1) is 8.61. The molecular formula is C13H17N3O2. The Morgan fingerprint density at radius 2 is 2.17 bits per heavy atom. The molecule has 1 aromatic carbocycles. The molecule has 0 saturated carbocycles. The number of nitrogens with one attached hydrogen (secondary N) is 1. The highest BCUT2D eigenvalue weighted by Crippen LogP contribution is 2.25. The summed E-state index contributed by atoms with van der Waals surface area (Å²) >= 11 is 0. The van der Waals surface area contributed by atoms with Gasteiger partial charge in [0, 0.05) is 18.2 Å². The maximum atomic E-state index is 5.90. The van der Waals surface area contributed by atoms with E-state index in [1.54, 1.807) is 7.11 Å². The number of ether oxygens (including phenoxy) is 1. The Labute approximate surface area is 106 Å². The number of benzene rings is 1. The molecule has 3 N–H and O–H groups in total. The average Bonchev–Trinajstić information content (AvgIpc) is 2.68. The maximum Gasteiger partial charge on any atom is 0.138 e. The van der Waals surface area contributed by atoms with Crippen LogP contribution in [0.25, 0.3) is 0 Å². The number of anilines is 2. The Morgan fingerprint density at radius 3 is 2.78 bits per heavy atom. The van der Waals surface area contributed by atoms with E-state index in [0.717, 1.165) is 28.5 Å². The number of aromatic nitrogens is 1. The molecule has 0 fully saturated rings. The third-order valence-electron chi connectivity index (χ3n) is 2.90. The van der Waals surface area contributed by atoms with E-state index in [9.17, 15) is 0 Å². The summed E-state index contributed by atoms with van der Waals surface area (Å²) in [6, 6.07) is 5.51. The molecular weight excluding hydrogens is 230 g/mol. The lowest BCUT2D eigenvalue weighted by molar-refractivity contribution is 0.392. The van der Waals surface area contributed by atoms with Crippen LogP contribution in [0.3, 0.4) is 0 Å². The fourth-order valence-corrected chi connectivity index (χ4v) is 1.75. The van der Waals surface area contributed by atoms with Crippen LogP contribution in [0.4, 0.5) is 11.4 Å². The van der Waals surface area contributed by atoms with E-state index in [1.807, 2.05) is 32.0 Å². The fraction of sp³-hybridized carbons (Fsp3) is 0.308. The number of nitrogens with zero attached hydrogens (tertiary/aromatic N) is 1. The summed E-state index contributed by atoms with van der Waals surface area (Å²) in [4.78, 5) is 0. The summed E-state index contributed by atoms with van der Waals surface area (Å²) in [6.45, 7) is 4.44. The first kappa shape index (κ1) is 12.3. The van der Waals surface area contributed by atoms with Crippen molar-refractivity contribution in [2.24, 2.45) is 0 Å². The Kier molecular flexibility index (Phi) is 3.41. The molecule has 0 aliphatic rings. The predicted molar refractivity (Wildman–Crippen MR) is 70.7 cm³/mol. The zero-order chi connectivity index (χ0) is 13.1. The van der Waals surface area contributed by atoms with E-state index >= 15 is 0 Å². The van der Waals surface area contributed by atoms with E-state index in [-0.39, 0.29) is 0 Å². The molecule has 5 heteroatoms. The van der Waals surface area contributed by atoms with Crippen molar-refractivity contribution >= 4 is 11.4 Å². The monoisotopic (exact) mass is 247 g/mol. The smallest absolute Gasteiger partial charge is 0.138 e. The third kappa shape index (κ3) is 2.40. The Hall–Kier alpha value is -2.17. The van der Waals surface area contributed by atoms with Gasteiger partial charge in [0.1, 0.15) is 11.5 Å². The molecule has 0 spiro atoms. The van der Waals surface area contributed by atoms with Gasteiger partial charge in [-0.15, -0.1) is 0 Å². The van der Waals surface area contributed by atoms with E-state index in [2.05, 4.69) is 10.5 Å². The second kappa shape index (κ2) is 5.00. The molecule has 0 saturated heterocycles. The summed E-state index contributed by atoms with van der Waals surface area (Å²) < 4.78 is 10.3. The largest absolute Gasteiger partial charge is 0.497 e. The number of aryl methyl sites for hydroxylation is 2. The number of nitrogens with two attached hydrogens (primary N) is 1. The Bertz CT molecular complexity index is 530. The minimum Gasteiger partial charge on any atom is -0.497 e. The summed E-state index contributed by atoms with van der Waals surface area (Å²) in [6.07, 6.45) is 0. The van der Waals surface area contributed by atoms with Gasteiger partial charge >= 0.3 is 0 Å². The van der Waals surface area contributed by atoms with E-state index < -0.39 is 0 Å². The first-order valence-corrected chi connectivity index (χ1v) is 5.71. The van der Waals surface area contributed by atoms with E-state index in [4.69, 9.17) is 15.0 Å². The zero-order valence-electron chi connectivity index (χ0n) is 10.8. The number of rotatable bonds is 4. The highest BCUT2D eigenvalue weighted by atomic mass is 16.5. The number of methoxy groups -OCH3 is 1. The average molecular weight is 247 g/mol. The molecule has 0 aliphatic heterocycles. The summed E-state index contributed by atoms with van der Waals surface area (Å²) in [5, 5.41) is 7.18. The van der Waals surface area contributed by atoms with Gasteiger partial charge in [0.05, 0.1) is 24.2 Å². The van der Waals surface area contributed by atoms with Crippen molar-refractivity contribution in [2.45, 2.75) is 20.4 Å². The highest BCUT2D eigenvalue weighted by Gasteiger charge is 2.09. The molecule has 1 aromatic heterocycles. The molecule has 0 unspecified atom stereocenters.